The molecule has 94 valence electrons. The van der Waals surface area contributed by atoms with Crippen molar-refractivity contribution in [1.82, 2.24) is 4.90 Å². The summed E-state index contributed by atoms with van der Waals surface area (Å²) in [6, 6.07) is 2.55. The van der Waals surface area contributed by atoms with Crippen molar-refractivity contribution < 1.29 is 9.53 Å². The average Bonchev–Trinajstić information content (AvgIpc) is 2.83. The summed E-state index contributed by atoms with van der Waals surface area (Å²) in [5.74, 6) is 0. The van der Waals surface area contributed by atoms with Gasteiger partial charge in [0.05, 0.1) is 6.61 Å². The molecule has 1 aliphatic heterocycles. The molecule has 0 bridgehead atoms. The van der Waals surface area contributed by atoms with E-state index in [0.29, 0.717) is 12.6 Å². The maximum Gasteiger partial charge on any atom is 0.409 e. The predicted octanol–water partition coefficient (Wildman–Crippen LogP) is 2.78. The number of anilines is 1. The van der Waals surface area contributed by atoms with Gasteiger partial charge in [0.15, 0.2) is 0 Å². The number of carbonyl (C=O) groups excluding carboxylic acids is 1. The molecule has 4 nitrogen and oxygen atoms in total. The van der Waals surface area contributed by atoms with Crippen molar-refractivity contribution in [2.45, 2.75) is 25.8 Å². The van der Waals surface area contributed by atoms with Crippen LogP contribution in [0.3, 0.4) is 0 Å². The van der Waals surface area contributed by atoms with Crippen LogP contribution < -0.4 is 5.32 Å². The second-order valence-corrected chi connectivity index (χ2v) is 4.90. The Morgan fingerprint density at radius 2 is 2.35 bits per heavy atom. The maximum atomic E-state index is 11.5. The van der Waals surface area contributed by atoms with Crippen molar-refractivity contribution >= 4 is 23.1 Å². The summed E-state index contributed by atoms with van der Waals surface area (Å²) >= 11 is 1.69. The molecule has 17 heavy (non-hydrogen) atoms. The molecule has 1 aromatic rings. The highest BCUT2D eigenvalue weighted by atomic mass is 32.1. The standard InChI is InChI=1S/C12H18N2O2S/c1-2-16-12(15)14-6-3-10(4-7-14)13-11-5-8-17-9-11/h5,8-10,13H,2-4,6-7H2,1H3. The molecular formula is C12H18N2O2S. The number of nitrogens with zero attached hydrogens (tertiary/aromatic N) is 1. The molecule has 1 aromatic heterocycles. The third-order valence-corrected chi connectivity index (χ3v) is 3.60. The Balaban J connectivity index is 1.76. The minimum absolute atomic E-state index is 0.179. The Hall–Kier alpha value is -1.23. The summed E-state index contributed by atoms with van der Waals surface area (Å²) in [5.41, 5.74) is 1.18. The van der Waals surface area contributed by atoms with Crippen LogP contribution in [-0.2, 0) is 4.74 Å². The van der Waals surface area contributed by atoms with E-state index in [9.17, 15) is 4.79 Å². The van der Waals surface area contributed by atoms with Gasteiger partial charge in [0.25, 0.3) is 0 Å². The number of amides is 1. The lowest BCUT2D eigenvalue weighted by Gasteiger charge is -2.31. The maximum absolute atomic E-state index is 11.5. The fourth-order valence-corrected chi connectivity index (χ4v) is 2.60. The fourth-order valence-electron chi connectivity index (χ4n) is 2.00. The number of ether oxygens (including phenoxy) is 1. The predicted molar refractivity (Wildman–Crippen MR) is 69.6 cm³/mol. The third kappa shape index (κ3) is 3.36. The number of hydrogen-bond donors (Lipinski definition) is 1. The van der Waals surface area contributed by atoms with Crippen molar-refractivity contribution in [3.8, 4) is 0 Å². The van der Waals surface area contributed by atoms with E-state index in [4.69, 9.17) is 4.74 Å². The first-order chi connectivity index (χ1) is 8.29. The Morgan fingerprint density at radius 3 is 2.94 bits per heavy atom. The topological polar surface area (TPSA) is 41.6 Å². The number of likely N-dealkylation sites (tertiary alicyclic amines) is 1. The zero-order chi connectivity index (χ0) is 12.1. The van der Waals surface area contributed by atoms with Crippen molar-refractivity contribution in [3.63, 3.8) is 0 Å². The van der Waals surface area contributed by atoms with Crippen LogP contribution in [0.15, 0.2) is 16.8 Å². The van der Waals surface area contributed by atoms with Crippen LogP contribution in [0.4, 0.5) is 10.5 Å². The highest BCUT2D eigenvalue weighted by Gasteiger charge is 2.23. The van der Waals surface area contributed by atoms with Gasteiger partial charge in [0, 0.05) is 30.2 Å². The van der Waals surface area contributed by atoms with Crippen LogP contribution in [0.25, 0.3) is 0 Å². The van der Waals surface area contributed by atoms with Gasteiger partial charge >= 0.3 is 6.09 Å². The molecule has 2 heterocycles. The fraction of sp³-hybridized carbons (Fsp3) is 0.583. The van der Waals surface area contributed by atoms with E-state index in [1.165, 1.54) is 5.69 Å². The molecule has 1 saturated heterocycles. The Kier molecular flexibility index (Phi) is 4.25. The van der Waals surface area contributed by atoms with Gasteiger partial charge in [-0.25, -0.2) is 4.79 Å². The van der Waals surface area contributed by atoms with Gasteiger partial charge in [-0.05, 0) is 31.2 Å². The lowest BCUT2D eigenvalue weighted by Crippen LogP contribution is -2.42. The smallest absolute Gasteiger partial charge is 0.409 e. The van der Waals surface area contributed by atoms with Crippen LogP contribution in [-0.4, -0.2) is 36.7 Å². The van der Waals surface area contributed by atoms with E-state index in [1.807, 2.05) is 6.92 Å². The van der Waals surface area contributed by atoms with E-state index in [-0.39, 0.29) is 6.09 Å². The highest BCUT2D eigenvalue weighted by Crippen LogP contribution is 2.19. The van der Waals surface area contributed by atoms with Crippen LogP contribution in [0.2, 0.25) is 0 Å². The van der Waals surface area contributed by atoms with E-state index in [0.717, 1.165) is 25.9 Å². The Morgan fingerprint density at radius 1 is 1.59 bits per heavy atom. The lowest BCUT2D eigenvalue weighted by molar-refractivity contribution is 0.0983. The first-order valence-electron chi connectivity index (χ1n) is 6.00. The lowest BCUT2D eigenvalue weighted by atomic mass is 10.1. The average molecular weight is 254 g/mol. The van der Waals surface area contributed by atoms with E-state index in [1.54, 1.807) is 16.2 Å². The zero-order valence-corrected chi connectivity index (χ0v) is 10.8. The van der Waals surface area contributed by atoms with Gasteiger partial charge in [-0.2, -0.15) is 11.3 Å². The van der Waals surface area contributed by atoms with Gasteiger partial charge in [0.2, 0.25) is 0 Å². The normalized spacial score (nSPS) is 16.9. The molecule has 0 aliphatic carbocycles. The van der Waals surface area contributed by atoms with Crippen LogP contribution in [0, 0.1) is 0 Å². The molecule has 1 fully saturated rings. The summed E-state index contributed by atoms with van der Waals surface area (Å²) in [6.45, 7) is 3.84. The SMILES string of the molecule is CCOC(=O)N1CCC(Nc2ccsc2)CC1. The molecule has 1 amide bonds. The largest absolute Gasteiger partial charge is 0.450 e. The van der Waals surface area contributed by atoms with Gasteiger partial charge in [-0.15, -0.1) is 0 Å². The minimum atomic E-state index is -0.179. The first-order valence-corrected chi connectivity index (χ1v) is 6.94. The molecule has 0 unspecified atom stereocenters. The van der Waals surface area contributed by atoms with E-state index >= 15 is 0 Å². The number of piperidine rings is 1. The number of hydrogen-bond acceptors (Lipinski definition) is 4. The summed E-state index contributed by atoms with van der Waals surface area (Å²) in [7, 11) is 0. The summed E-state index contributed by atoms with van der Waals surface area (Å²) in [6.07, 6.45) is 1.78. The van der Waals surface area contributed by atoms with Crippen LogP contribution >= 0.6 is 11.3 Å². The third-order valence-electron chi connectivity index (χ3n) is 2.91. The molecule has 5 heteroatoms. The number of rotatable bonds is 3. The quantitative estimate of drug-likeness (QED) is 0.901. The van der Waals surface area contributed by atoms with Gasteiger partial charge < -0.3 is 15.0 Å². The molecule has 1 N–H and O–H groups in total. The number of nitrogens with one attached hydrogen (secondary N) is 1. The van der Waals surface area contributed by atoms with Crippen molar-refractivity contribution in [2.24, 2.45) is 0 Å². The number of thiophene rings is 1. The highest BCUT2D eigenvalue weighted by molar-refractivity contribution is 7.08. The number of carbonyl (C=O) groups is 1. The van der Waals surface area contributed by atoms with Gasteiger partial charge in [-0.3, -0.25) is 0 Å². The summed E-state index contributed by atoms with van der Waals surface area (Å²) < 4.78 is 4.99. The molecule has 2 rings (SSSR count). The molecular weight excluding hydrogens is 236 g/mol. The monoisotopic (exact) mass is 254 g/mol. The second-order valence-electron chi connectivity index (χ2n) is 4.12. The molecule has 0 aromatic carbocycles. The van der Waals surface area contributed by atoms with E-state index in [2.05, 4.69) is 22.1 Å². The Labute approximate surface area is 106 Å². The van der Waals surface area contributed by atoms with Gasteiger partial charge in [0.1, 0.15) is 0 Å². The van der Waals surface area contributed by atoms with Crippen molar-refractivity contribution in [1.29, 1.82) is 0 Å². The first kappa shape index (κ1) is 12.2. The van der Waals surface area contributed by atoms with E-state index < -0.39 is 0 Å². The second kappa shape index (κ2) is 5.91. The summed E-state index contributed by atoms with van der Waals surface area (Å²) in [4.78, 5) is 13.3. The zero-order valence-electron chi connectivity index (χ0n) is 10.0. The molecule has 0 atom stereocenters. The molecule has 0 saturated carbocycles. The van der Waals surface area contributed by atoms with Crippen molar-refractivity contribution in [3.05, 3.63) is 16.8 Å². The molecule has 1 aliphatic rings. The molecule has 0 radical (unpaired) electrons. The van der Waals surface area contributed by atoms with Crippen LogP contribution in [0.1, 0.15) is 19.8 Å². The van der Waals surface area contributed by atoms with Crippen molar-refractivity contribution in [2.75, 3.05) is 25.0 Å². The Bertz CT molecular complexity index is 345. The summed E-state index contributed by atoms with van der Waals surface area (Å²) in [5, 5.41) is 7.66. The minimum Gasteiger partial charge on any atom is -0.450 e. The van der Waals surface area contributed by atoms with Crippen LogP contribution in [0.5, 0.6) is 0 Å². The molecule has 0 spiro atoms. The van der Waals surface area contributed by atoms with Gasteiger partial charge in [-0.1, -0.05) is 0 Å².